The molecule has 0 saturated carbocycles. The third kappa shape index (κ3) is 6.54. The maximum absolute atomic E-state index is 13.9. The molecule has 1 saturated heterocycles. The summed E-state index contributed by atoms with van der Waals surface area (Å²) in [7, 11) is 1.55. The third-order valence-corrected chi connectivity index (χ3v) is 8.29. The number of carboxylic acids is 1. The van der Waals surface area contributed by atoms with E-state index >= 15 is 0 Å². The van der Waals surface area contributed by atoms with Crippen molar-refractivity contribution in [3.05, 3.63) is 64.6 Å². The van der Waals surface area contributed by atoms with Crippen LogP contribution in [0.3, 0.4) is 0 Å². The van der Waals surface area contributed by atoms with Crippen molar-refractivity contribution in [2.75, 3.05) is 32.5 Å². The number of rotatable bonds is 10. The fraction of sp³-hybridized carbons (Fsp3) is 0.407. The zero-order chi connectivity index (χ0) is 27.4. The number of benzene rings is 2. The van der Waals surface area contributed by atoms with Gasteiger partial charge in [0.15, 0.2) is 11.6 Å². The van der Waals surface area contributed by atoms with Crippen molar-refractivity contribution in [1.29, 1.82) is 0 Å². The molecule has 38 heavy (non-hydrogen) atoms. The Morgan fingerprint density at radius 3 is 2.82 bits per heavy atom. The fourth-order valence-electron chi connectivity index (χ4n) is 4.97. The fourth-order valence-corrected chi connectivity index (χ4v) is 6.23. The van der Waals surface area contributed by atoms with Gasteiger partial charge in [-0.05, 0) is 56.0 Å². The molecule has 1 aliphatic heterocycles. The molecular formula is C27H28ClF3N2O4S. The number of halogens is 4. The number of likely N-dealkylation sites (tertiary alicyclic amines) is 1. The van der Waals surface area contributed by atoms with Gasteiger partial charge in [-0.2, -0.15) is 0 Å². The van der Waals surface area contributed by atoms with Crippen LogP contribution in [-0.2, 0) is 4.79 Å². The molecule has 4 rings (SSSR count). The van der Waals surface area contributed by atoms with E-state index in [1.165, 1.54) is 6.20 Å². The van der Waals surface area contributed by atoms with Crippen LogP contribution in [0.4, 0.5) is 13.2 Å². The van der Waals surface area contributed by atoms with Crippen molar-refractivity contribution < 1.29 is 32.9 Å². The molecule has 0 bridgehead atoms. The molecule has 3 unspecified atom stereocenters. The number of hydrogen-bond acceptors (Lipinski definition) is 6. The molecule has 2 heterocycles. The highest BCUT2D eigenvalue weighted by molar-refractivity contribution is 7.99. The van der Waals surface area contributed by atoms with Crippen molar-refractivity contribution >= 4 is 40.2 Å². The summed E-state index contributed by atoms with van der Waals surface area (Å²) in [5, 5.41) is 22.0. The number of hydrogen-bond donors (Lipinski definition) is 2. The first-order valence-electron chi connectivity index (χ1n) is 12.2. The summed E-state index contributed by atoms with van der Waals surface area (Å²) in [6, 6.07) is 6.79. The van der Waals surface area contributed by atoms with E-state index in [1.807, 2.05) is 4.90 Å². The average molecular weight is 569 g/mol. The summed E-state index contributed by atoms with van der Waals surface area (Å²) in [6.45, 7) is 1.37. The summed E-state index contributed by atoms with van der Waals surface area (Å²) >= 11 is 7.39. The Kier molecular flexibility index (Phi) is 9.40. The van der Waals surface area contributed by atoms with Crippen molar-refractivity contribution in [2.45, 2.75) is 30.3 Å². The van der Waals surface area contributed by atoms with Crippen molar-refractivity contribution in [1.82, 2.24) is 9.88 Å². The Morgan fingerprint density at radius 2 is 2.08 bits per heavy atom. The van der Waals surface area contributed by atoms with E-state index in [1.54, 1.807) is 25.3 Å². The van der Waals surface area contributed by atoms with Crippen LogP contribution in [0.25, 0.3) is 10.9 Å². The van der Waals surface area contributed by atoms with E-state index in [2.05, 4.69) is 4.98 Å². The van der Waals surface area contributed by atoms with E-state index in [0.29, 0.717) is 78.0 Å². The van der Waals surface area contributed by atoms with E-state index in [-0.39, 0.29) is 10.8 Å². The first-order chi connectivity index (χ1) is 18.2. The summed E-state index contributed by atoms with van der Waals surface area (Å²) < 4.78 is 46.0. The Balaban J connectivity index is 1.36. The first kappa shape index (κ1) is 28.5. The first-order valence-corrected chi connectivity index (χ1v) is 13.6. The lowest BCUT2D eigenvalue weighted by atomic mass is 9.81. The number of aliphatic hydroxyl groups excluding tert-OH is 1. The minimum Gasteiger partial charge on any atom is -0.497 e. The zero-order valence-corrected chi connectivity index (χ0v) is 22.2. The lowest BCUT2D eigenvalue weighted by molar-refractivity contribution is -0.146. The number of methoxy groups -OCH3 is 1. The summed E-state index contributed by atoms with van der Waals surface area (Å²) in [6.07, 6.45) is 2.00. The molecule has 2 N–H and O–H groups in total. The topological polar surface area (TPSA) is 82.9 Å². The number of piperidine rings is 1. The summed E-state index contributed by atoms with van der Waals surface area (Å²) in [5.74, 6) is -3.92. The number of ether oxygens (including phenoxy) is 1. The van der Waals surface area contributed by atoms with Crippen LogP contribution in [-0.4, -0.2) is 58.6 Å². The zero-order valence-electron chi connectivity index (χ0n) is 20.7. The highest BCUT2D eigenvalue weighted by atomic mass is 35.5. The molecule has 1 aromatic heterocycles. The Hall–Kier alpha value is -2.53. The van der Waals surface area contributed by atoms with Gasteiger partial charge in [-0.1, -0.05) is 11.6 Å². The lowest BCUT2D eigenvalue weighted by Gasteiger charge is -2.37. The minimum absolute atomic E-state index is 0.110. The van der Waals surface area contributed by atoms with Crippen LogP contribution in [0.1, 0.15) is 30.9 Å². The molecule has 204 valence electrons. The highest BCUT2D eigenvalue weighted by Crippen LogP contribution is 2.37. The van der Waals surface area contributed by atoms with Crippen LogP contribution in [0, 0.1) is 29.3 Å². The van der Waals surface area contributed by atoms with Gasteiger partial charge < -0.3 is 19.8 Å². The molecule has 0 aliphatic carbocycles. The number of aliphatic carboxylic acids is 1. The number of fused-ring (bicyclic) bond motifs is 1. The molecule has 3 aromatic rings. The van der Waals surface area contributed by atoms with Crippen molar-refractivity contribution in [3.8, 4) is 5.75 Å². The van der Waals surface area contributed by atoms with E-state index in [9.17, 15) is 28.2 Å². The van der Waals surface area contributed by atoms with E-state index in [4.69, 9.17) is 16.3 Å². The SMILES string of the molecule is COc1ccc2ncc(Cl)c(C(O)CCC3CCN(CCSc4cc(F)cc(F)c4F)CC3C(=O)O)c2c1. The monoisotopic (exact) mass is 568 g/mol. The molecule has 0 spiro atoms. The third-order valence-electron chi connectivity index (χ3n) is 6.99. The van der Waals surface area contributed by atoms with Crippen LogP contribution < -0.4 is 4.74 Å². The number of aromatic nitrogens is 1. The molecule has 1 fully saturated rings. The van der Waals surface area contributed by atoms with Gasteiger partial charge in [0, 0.05) is 47.0 Å². The molecule has 0 amide bonds. The van der Waals surface area contributed by atoms with Gasteiger partial charge in [0.1, 0.15) is 11.6 Å². The Morgan fingerprint density at radius 1 is 1.29 bits per heavy atom. The van der Waals surface area contributed by atoms with Gasteiger partial charge in [0.2, 0.25) is 0 Å². The van der Waals surface area contributed by atoms with Gasteiger partial charge in [-0.15, -0.1) is 11.8 Å². The van der Waals surface area contributed by atoms with Crippen LogP contribution >= 0.6 is 23.4 Å². The largest absolute Gasteiger partial charge is 0.497 e. The number of carboxylic acid groups (broad SMARTS) is 1. The van der Waals surface area contributed by atoms with Crippen molar-refractivity contribution in [3.63, 3.8) is 0 Å². The summed E-state index contributed by atoms with van der Waals surface area (Å²) in [5.41, 5.74) is 1.21. The predicted molar refractivity (Wildman–Crippen MR) is 140 cm³/mol. The minimum atomic E-state index is -1.23. The van der Waals surface area contributed by atoms with E-state index in [0.717, 1.165) is 17.8 Å². The van der Waals surface area contributed by atoms with Gasteiger partial charge in [0.05, 0.1) is 29.7 Å². The van der Waals surface area contributed by atoms with Crippen LogP contribution in [0.2, 0.25) is 5.02 Å². The molecule has 1 aliphatic rings. The number of thioether (sulfide) groups is 1. The maximum Gasteiger partial charge on any atom is 0.308 e. The van der Waals surface area contributed by atoms with Crippen LogP contribution in [0.5, 0.6) is 5.75 Å². The lowest BCUT2D eigenvalue weighted by Crippen LogP contribution is -2.44. The molecule has 6 nitrogen and oxygen atoms in total. The standard InChI is InChI=1S/C27H28ClF3N2O4S/c1-37-17-3-4-22-18(12-17)25(20(28)13-32-22)23(34)5-2-15-6-7-33(14-19(15)27(35)36)8-9-38-24-11-16(29)10-21(30)26(24)31/h3-4,10-13,15,19,23,34H,2,5-9,14H2,1H3,(H,35,36). The van der Waals surface area contributed by atoms with Crippen molar-refractivity contribution in [2.24, 2.45) is 11.8 Å². The number of aliphatic hydroxyl groups is 1. The second kappa shape index (κ2) is 12.5. The second-order valence-corrected chi connectivity index (χ2v) is 10.9. The Labute approximate surface area is 227 Å². The van der Waals surface area contributed by atoms with Crippen LogP contribution in [0.15, 0.2) is 41.4 Å². The highest BCUT2D eigenvalue weighted by Gasteiger charge is 2.34. The molecule has 0 radical (unpaired) electrons. The molecule has 2 aromatic carbocycles. The molecular weight excluding hydrogens is 541 g/mol. The van der Waals surface area contributed by atoms with Gasteiger partial charge in [-0.25, -0.2) is 13.2 Å². The smallest absolute Gasteiger partial charge is 0.308 e. The van der Waals surface area contributed by atoms with E-state index < -0.39 is 35.4 Å². The second-order valence-electron chi connectivity index (χ2n) is 9.34. The summed E-state index contributed by atoms with van der Waals surface area (Å²) in [4.78, 5) is 18.2. The average Bonchev–Trinajstić information content (AvgIpc) is 2.89. The quantitative estimate of drug-likeness (QED) is 0.231. The van der Waals surface area contributed by atoms with Gasteiger partial charge in [0.25, 0.3) is 0 Å². The normalized spacial score (nSPS) is 19.0. The van der Waals surface area contributed by atoms with Gasteiger partial charge >= 0.3 is 5.97 Å². The predicted octanol–water partition coefficient (Wildman–Crippen LogP) is 5.94. The van der Waals surface area contributed by atoms with Gasteiger partial charge in [-0.3, -0.25) is 9.78 Å². The Bertz CT molecular complexity index is 1320. The number of carbonyl (C=O) groups is 1. The number of pyridine rings is 1. The molecule has 11 heteroatoms. The molecule has 3 atom stereocenters. The number of nitrogens with zero attached hydrogens (tertiary/aromatic N) is 2. The maximum atomic E-state index is 13.9.